The largest absolute Gasteiger partial charge is 0.394 e. The van der Waals surface area contributed by atoms with Gasteiger partial charge in [-0.05, 0) is 32.1 Å². The number of aliphatic hydroxyl groups is 2. The van der Waals surface area contributed by atoms with Crippen LogP contribution < -0.4 is 5.32 Å². The molecule has 0 aromatic heterocycles. The molecule has 106 valence electrons. The second-order valence-electron chi connectivity index (χ2n) is 5.50. The summed E-state index contributed by atoms with van der Waals surface area (Å²) in [5.74, 6) is 0. The fourth-order valence-electron chi connectivity index (χ4n) is 2.50. The summed E-state index contributed by atoms with van der Waals surface area (Å²) in [4.78, 5) is 0. The molecule has 2 atom stereocenters. The molecule has 1 saturated carbocycles. The maximum absolute atomic E-state index is 9.79. The van der Waals surface area contributed by atoms with Gasteiger partial charge in [0, 0.05) is 18.7 Å². The molecule has 0 aromatic carbocycles. The molecule has 2 fully saturated rings. The maximum Gasteiger partial charge on any atom is 0.0897 e. The lowest BCUT2D eigenvalue weighted by Gasteiger charge is -2.41. The first-order chi connectivity index (χ1) is 8.74. The van der Waals surface area contributed by atoms with Crippen LogP contribution in [0, 0.1) is 0 Å². The summed E-state index contributed by atoms with van der Waals surface area (Å²) in [5.41, 5.74) is -0.143. The highest BCUT2D eigenvalue weighted by Crippen LogP contribution is 2.30. The molecule has 2 rings (SSSR count). The average Bonchev–Trinajstić information content (AvgIpc) is 2.81. The zero-order valence-corrected chi connectivity index (χ0v) is 10.9. The van der Waals surface area contributed by atoms with E-state index in [1.807, 2.05) is 0 Å². The number of aliphatic hydroxyl groups excluding tert-OH is 2. The Morgan fingerprint density at radius 2 is 2.22 bits per heavy atom. The third-order valence-corrected chi connectivity index (χ3v) is 3.96. The molecule has 0 bridgehead atoms. The van der Waals surface area contributed by atoms with Gasteiger partial charge in [0.1, 0.15) is 0 Å². The smallest absolute Gasteiger partial charge is 0.0897 e. The van der Waals surface area contributed by atoms with Crippen molar-refractivity contribution in [2.24, 2.45) is 0 Å². The fraction of sp³-hybridized carbons (Fsp3) is 1.00. The van der Waals surface area contributed by atoms with Crippen LogP contribution in [0.15, 0.2) is 0 Å². The van der Waals surface area contributed by atoms with E-state index in [0.717, 1.165) is 38.7 Å². The summed E-state index contributed by atoms with van der Waals surface area (Å²) in [6.07, 6.45) is 4.99. The highest BCUT2D eigenvalue weighted by Gasteiger charge is 2.35. The zero-order valence-electron chi connectivity index (χ0n) is 10.9. The molecule has 0 aromatic rings. The molecule has 5 nitrogen and oxygen atoms in total. The van der Waals surface area contributed by atoms with Crippen molar-refractivity contribution in [3.05, 3.63) is 0 Å². The van der Waals surface area contributed by atoms with Gasteiger partial charge in [-0.2, -0.15) is 0 Å². The van der Waals surface area contributed by atoms with Crippen molar-refractivity contribution < 1.29 is 19.7 Å². The SMILES string of the molecule is OCC1(NCC(O)COCC2CCCO2)CCC1. The highest BCUT2D eigenvalue weighted by molar-refractivity contribution is 4.95. The van der Waals surface area contributed by atoms with E-state index in [-0.39, 0.29) is 18.2 Å². The Hall–Kier alpha value is -0.200. The van der Waals surface area contributed by atoms with Crippen LogP contribution >= 0.6 is 0 Å². The molecule has 1 aliphatic carbocycles. The zero-order chi connectivity index (χ0) is 12.8. The van der Waals surface area contributed by atoms with Crippen LogP contribution in [0.2, 0.25) is 0 Å². The van der Waals surface area contributed by atoms with Gasteiger partial charge < -0.3 is 25.0 Å². The summed E-state index contributed by atoms with van der Waals surface area (Å²) in [6.45, 7) is 2.36. The van der Waals surface area contributed by atoms with Gasteiger partial charge >= 0.3 is 0 Å². The predicted octanol–water partition coefficient (Wildman–Crippen LogP) is 0.0475. The molecule has 3 N–H and O–H groups in total. The highest BCUT2D eigenvalue weighted by atomic mass is 16.5. The fourth-order valence-corrected chi connectivity index (χ4v) is 2.50. The lowest BCUT2D eigenvalue weighted by Crippen LogP contribution is -2.56. The van der Waals surface area contributed by atoms with Crippen molar-refractivity contribution in [1.29, 1.82) is 0 Å². The number of nitrogens with one attached hydrogen (secondary N) is 1. The Labute approximate surface area is 108 Å². The van der Waals surface area contributed by atoms with Gasteiger partial charge in [-0.15, -0.1) is 0 Å². The molecule has 5 heteroatoms. The minimum absolute atomic E-state index is 0.143. The summed E-state index contributed by atoms with van der Waals surface area (Å²) in [7, 11) is 0. The van der Waals surface area contributed by atoms with Crippen LogP contribution in [-0.2, 0) is 9.47 Å². The Balaban J connectivity index is 1.53. The third kappa shape index (κ3) is 3.90. The van der Waals surface area contributed by atoms with Crippen molar-refractivity contribution >= 4 is 0 Å². The van der Waals surface area contributed by atoms with E-state index >= 15 is 0 Å². The molecule has 2 unspecified atom stereocenters. The number of rotatable bonds is 8. The van der Waals surface area contributed by atoms with Crippen molar-refractivity contribution in [2.45, 2.75) is 49.9 Å². The van der Waals surface area contributed by atoms with Gasteiger partial charge in [0.15, 0.2) is 0 Å². The van der Waals surface area contributed by atoms with Crippen LogP contribution in [0.3, 0.4) is 0 Å². The average molecular weight is 259 g/mol. The van der Waals surface area contributed by atoms with Gasteiger partial charge in [0.25, 0.3) is 0 Å². The number of β-amino-alcohol motifs (C(OH)–C–C–N with tert-alkyl or cyclic N) is 1. The second kappa shape index (κ2) is 6.82. The Morgan fingerprint density at radius 3 is 2.78 bits per heavy atom. The first-order valence-corrected chi connectivity index (χ1v) is 6.97. The van der Waals surface area contributed by atoms with Crippen LogP contribution in [-0.4, -0.2) is 60.9 Å². The van der Waals surface area contributed by atoms with E-state index in [1.54, 1.807) is 0 Å². The van der Waals surface area contributed by atoms with E-state index in [1.165, 1.54) is 0 Å². The summed E-state index contributed by atoms with van der Waals surface area (Å²) < 4.78 is 10.9. The van der Waals surface area contributed by atoms with E-state index in [2.05, 4.69) is 5.32 Å². The van der Waals surface area contributed by atoms with E-state index in [0.29, 0.717) is 19.8 Å². The van der Waals surface area contributed by atoms with Gasteiger partial charge in [-0.25, -0.2) is 0 Å². The van der Waals surface area contributed by atoms with Gasteiger partial charge in [0.2, 0.25) is 0 Å². The molecule has 18 heavy (non-hydrogen) atoms. The molecule has 0 radical (unpaired) electrons. The quantitative estimate of drug-likeness (QED) is 0.574. The normalized spacial score (nSPS) is 28.0. The van der Waals surface area contributed by atoms with Crippen LogP contribution in [0.1, 0.15) is 32.1 Å². The molecule has 2 aliphatic rings. The monoisotopic (exact) mass is 259 g/mol. The Morgan fingerprint density at radius 1 is 1.39 bits per heavy atom. The Bertz CT molecular complexity index is 234. The second-order valence-corrected chi connectivity index (χ2v) is 5.50. The molecule has 0 amide bonds. The number of ether oxygens (including phenoxy) is 2. The molecular weight excluding hydrogens is 234 g/mol. The molecule has 0 spiro atoms. The number of hydrogen-bond donors (Lipinski definition) is 3. The predicted molar refractivity (Wildman–Crippen MR) is 67.5 cm³/mol. The van der Waals surface area contributed by atoms with Gasteiger partial charge in [0.05, 0.1) is 32.0 Å². The summed E-state index contributed by atoms with van der Waals surface area (Å²) in [5, 5.41) is 22.3. The van der Waals surface area contributed by atoms with Crippen molar-refractivity contribution in [3.63, 3.8) is 0 Å². The van der Waals surface area contributed by atoms with Crippen LogP contribution in [0.5, 0.6) is 0 Å². The standard InChI is InChI=1S/C13H25NO4/c15-10-13(4-2-5-13)14-7-11(16)8-17-9-12-3-1-6-18-12/h11-12,14-16H,1-10H2. The van der Waals surface area contributed by atoms with Gasteiger partial charge in [-0.1, -0.05) is 0 Å². The maximum atomic E-state index is 9.79. The molecular formula is C13H25NO4. The summed E-state index contributed by atoms with van der Waals surface area (Å²) in [6, 6.07) is 0. The first-order valence-electron chi connectivity index (χ1n) is 6.97. The summed E-state index contributed by atoms with van der Waals surface area (Å²) >= 11 is 0. The van der Waals surface area contributed by atoms with Crippen LogP contribution in [0.25, 0.3) is 0 Å². The van der Waals surface area contributed by atoms with Gasteiger partial charge in [-0.3, -0.25) is 0 Å². The molecule has 1 saturated heterocycles. The van der Waals surface area contributed by atoms with Crippen LogP contribution in [0.4, 0.5) is 0 Å². The minimum Gasteiger partial charge on any atom is -0.394 e. The Kier molecular flexibility index (Phi) is 5.38. The van der Waals surface area contributed by atoms with E-state index in [9.17, 15) is 10.2 Å². The molecule has 1 aliphatic heterocycles. The third-order valence-electron chi connectivity index (χ3n) is 3.96. The lowest BCUT2D eigenvalue weighted by molar-refractivity contribution is -0.0215. The van der Waals surface area contributed by atoms with Crippen molar-refractivity contribution in [1.82, 2.24) is 5.32 Å². The first kappa shape index (κ1) is 14.2. The van der Waals surface area contributed by atoms with E-state index < -0.39 is 6.10 Å². The van der Waals surface area contributed by atoms with Crippen molar-refractivity contribution in [3.8, 4) is 0 Å². The minimum atomic E-state index is -0.518. The van der Waals surface area contributed by atoms with E-state index in [4.69, 9.17) is 9.47 Å². The molecule has 1 heterocycles. The van der Waals surface area contributed by atoms with Crippen molar-refractivity contribution in [2.75, 3.05) is 33.0 Å². The number of hydrogen-bond acceptors (Lipinski definition) is 5. The topological polar surface area (TPSA) is 71.0 Å². The lowest BCUT2D eigenvalue weighted by atomic mass is 9.77.